The highest BCUT2D eigenvalue weighted by atomic mass is 35.5. The molecule has 0 unspecified atom stereocenters. The van der Waals surface area contributed by atoms with Crippen LogP contribution in [0.25, 0.3) is 0 Å². The second-order valence-corrected chi connectivity index (χ2v) is 5.93. The molecule has 1 aromatic rings. The van der Waals surface area contributed by atoms with Crippen molar-refractivity contribution in [3.63, 3.8) is 0 Å². The summed E-state index contributed by atoms with van der Waals surface area (Å²) in [6, 6.07) is 0.672. The van der Waals surface area contributed by atoms with Crippen LogP contribution in [0.15, 0.2) is 12.4 Å². The van der Waals surface area contributed by atoms with Gasteiger partial charge in [0.1, 0.15) is 11.0 Å². The standard InChI is InChI=1S/C14H21ClN4/c15-13-9-16-10-14(17-13)19-8-2-1-5-12(11-19)18-6-3-4-7-18/h9-10,12H,1-8,11H2/t12-/m1/s1. The van der Waals surface area contributed by atoms with E-state index in [1.165, 1.54) is 45.2 Å². The van der Waals surface area contributed by atoms with E-state index in [9.17, 15) is 0 Å². The first kappa shape index (κ1) is 13.1. The van der Waals surface area contributed by atoms with Crippen LogP contribution in [0.1, 0.15) is 32.1 Å². The predicted molar refractivity (Wildman–Crippen MR) is 77.7 cm³/mol. The van der Waals surface area contributed by atoms with Gasteiger partial charge in [-0.1, -0.05) is 18.0 Å². The van der Waals surface area contributed by atoms with E-state index in [0.717, 1.165) is 18.9 Å². The lowest BCUT2D eigenvalue weighted by atomic mass is 10.1. The molecule has 3 rings (SSSR count). The number of halogens is 1. The maximum Gasteiger partial charge on any atom is 0.149 e. The Bertz CT molecular complexity index is 420. The summed E-state index contributed by atoms with van der Waals surface area (Å²) < 4.78 is 0. The van der Waals surface area contributed by atoms with Crippen molar-refractivity contribution in [2.75, 3.05) is 31.1 Å². The molecule has 5 heteroatoms. The van der Waals surface area contributed by atoms with E-state index in [1.807, 2.05) is 6.20 Å². The van der Waals surface area contributed by atoms with Crippen molar-refractivity contribution in [3.05, 3.63) is 17.5 Å². The Kier molecular flexibility index (Phi) is 4.18. The highest BCUT2D eigenvalue weighted by Crippen LogP contribution is 2.23. The summed E-state index contributed by atoms with van der Waals surface area (Å²) in [4.78, 5) is 13.6. The van der Waals surface area contributed by atoms with Gasteiger partial charge in [-0.25, -0.2) is 4.98 Å². The number of hydrogen-bond donors (Lipinski definition) is 0. The summed E-state index contributed by atoms with van der Waals surface area (Å²) in [6.07, 6.45) is 9.99. The van der Waals surface area contributed by atoms with Gasteiger partial charge >= 0.3 is 0 Å². The fourth-order valence-electron chi connectivity index (χ4n) is 3.22. The van der Waals surface area contributed by atoms with Gasteiger partial charge in [0.05, 0.1) is 12.4 Å². The first-order valence-corrected chi connectivity index (χ1v) is 7.67. The summed E-state index contributed by atoms with van der Waals surface area (Å²) >= 11 is 5.96. The molecule has 2 saturated heterocycles. The Labute approximate surface area is 119 Å². The lowest BCUT2D eigenvalue weighted by molar-refractivity contribution is 0.236. The van der Waals surface area contributed by atoms with Gasteiger partial charge in [0.25, 0.3) is 0 Å². The summed E-state index contributed by atoms with van der Waals surface area (Å²) in [5, 5.41) is 0.486. The number of rotatable bonds is 2. The fraction of sp³-hybridized carbons (Fsp3) is 0.714. The van der Waals surface area contributed by atoms with Crippen LogP contribution in [-0.2, 0) is 0 Å². The summed E-state index contributed by atoms with van der Waals surface area (Å²) in [5.74, 6) is 0.929. The van der Waals surface area contributed by atoms with Crippen LogP contribution in [-0.4, -0.2) is 47.1 Å². The highest BCUT2D eigenvalue weighted by molar-refractivity contribution is 6.29. The molecule has 0 saturated carbocycles. The first-order chi connectivity index (χ1) is 9.33. The van der Waals surface area contributed by atoms with Gasteiger partial charge in [-0.3, -0.25) is 9.88 Å². The Balaban J connectivity index is 1.73. The molecule has 1 aromatic heterocycles. The van der Waals surface area contributed by atoms with Crippen LogP contribution in [0.3, 0.4) is 0 Å². The van der Waals surface area contributed by atoms with Crippen LogP contribution >= 0.6 is 11.6 Å². The zero-order valence-electron chi connectivity index (χ0n) is 11.3. The van der Waals surface area contributed by atoms with E-state index in [0.29, 0.717) is 11.2 Å². The quantitative estimate of drug-likeness (QED) is 0.834. The van der Waals surface area contributed by atoms with E-state index in [2.05, 4.69) is 19.8 Å². The van der Waals surface area contributed by atoms with Crippen molar-refractivity contribution in [2.24, 2.45) is 0 Å². The average Bonchev–Trinajstić information content (AvgIpc) is 2.83. The molecular weight excluding hydrogens is 260 g/mol. The summed E-state index contributed by atoms with van der Waals surface area (Å²) in [5.41, 5.74) is 0. The SMILES string of the molecule is Clc1cncc(N2CCCC[C@@H](N3CCCC3)C2)n1. The molecule has 2 aliphatic heterocycles. The third-order valence-corrected chi connectivity index (χ3v) is 4.40. The maximum atomic E-state index is 5.96. The molecule has 0 N–H and O–H groups in total. The van der Waals surface area contributed by atoms with Gasteiger partial charge in [0, 0.05) is 19.1 Å². The number of nitrogens with zero attached hydrogens (tertiary/aromatic N) is 4. The van der Waals surface area contributed by atoms with Crippen LogP contribution in [0, 0.1) is 0 Å². The Hall–Kier alpha value is -0.870. The Morgan fingerprint density at radius 2 is 1.84 bits per heavy atom. The van der Waals surface area contributed by atoms with Gasteiger partial charge < -0.3 is 4.90 Å². The van der Waals surface area contributed by atoms with E-state index < -0.39 is 0 Å². The third kappa shape index (κ3) is 3.18. The zero-order valence-corrected chi connectivity index (χ0v) is 12.0. The van der Waals surface area contributed by atoms with Crippen molar-refractivity contribution >= 4 is 17.4 Å². The van der Waals surface area contributed by atoms with E-state index in [4.69, 9.17) is 11.6 Å². The predicted octanol–water partition coefficient (Wildman–Crippen LogP) is 2.58. The normalized spacial score (nSPS) is 25.5. The molecule has 104 valence electrons. The van der Waals surface area contributed by atoms with Gasteiger partial charge in [0.2, 0.25) is 0 Å². The molecule has 3 heterocycles. The molecule has 4 nitrogen and oxygen atoms in total. The molecule has 1 atom stereocenters. The molecule has 0 amide bonds. The lowest BCUT2D eigenvalue weighted by Gasteiger charge is -2.31. The molecule has 0 radical (unpaired) electrons. The smallest absolute Gasteiger partial charge is 0.149 e. The monoisotopic (exact) mass is 280 g/mol. The van der Waals surface area contributed by atoms with E-state index >= 15 is 0 Å². The third-order valence-electron chi connectivity index (χ3n) is 4.22. The van der Waals surface area contributed by atoms with Crippen LogP contribution in [0.2, 0.25) is 5.15 Å². The molecule has 0 aromatic carbocycles. The average molecular weight is 281 g/mol. The minimum Gasteiger partial charge on any atom is -0.354 e. The van der Waals surface area contributed by atoms with Crippen LogP contribution in [0.5, 0.6) is 0 Å². The Morgan fingerprint density at radius 1 is 1.05 bits per heavy atom. The zero-order chi connectivity index (χ0) is 13.1. The maximum absolute atomic E-state index is 5.96. The van der Waals surface area contributed by atoms with Crippen LogP contribution < -0.4 is 4.90 Å². The topological polar surface area (TPSA) is 32.3 Å². The number of anilines is 1. The summed E-state index contributed by atoms with van der Waals surface area (Å²) in [6.45, 7) is 4.66. The van der Waals surface area contributed by atoms with Gasteiger partial charge in [-0.2, -0.15) is 0 Å². The molecular formula is C14H21ClN4. The van der Waals surface area contributed by atoms with E-state index in [1.54, 1.807) is 6.20 Å². The van der Waals surface area contributed by atoms with Gasteiger partial charge in [-0.15, -0.1) is 0 Å². The minimum atomic E-state index is 0.486. The van der Waals surface area contributed by atoms with Crippen molar-refractivity contribution < 1.29 is 0 Å². The second-order valence-electron chi connectivity index (χ2n) is 5.54. The van der Waals surface area contributed by atoms with Crippen molar-refractivity contribution in [3.8, 4) is 0 Å². The lowest BCUT2D eigenvalue weighted by Crippen LogP contribution is -2.41. The molecule has 19 heavy (non-hydrogen) atoms. The second kappa shape index (κ2) is 6.06. The van der Waals surface area contributed by atoms with Crippen molar-refractivity contribution in [1.29, 1.82) is 0 Å². The van der Waals surface area contributed by atoms with E-state index in [-0.39, 0.29) is 0 Å². The molecule has 2 fully saturated rings. The number of aromatic nitrogens is 2. The van der Waals surface area contributed by atoms with Gasteiger partial charge in [0.15, 0.2) is 0 Å². The largest absolute Gasteiger partial charge is 0.354 e. The number of likely N-dealkylation sites (tertiary alicyclic amines) is 1. The molecule has 0 aliphatic carbocycles. The van der Waals surface area contributed by atoms with Crippen molar-refractivity contribution in [1.82, 2.24) is 14.9 Å². The minimum absolute atomic E-state index is 0.486. The Morgan fingerprint density at radius 3 is 2.63 bits per heavy atom. The molecule has 2 aliphatic rings. The molecule has 0 spiro atoms. The summed E-state index contributed by atoms with van der Waals surface area (Å²) in [7, 11) is 0. The van der Waals surface area contributed by atoms with Gasteiger partial charge in [-0.05, 0) is 38.8 Å². The number of hydrogen-bond acceptors (Lipinski definition) is 4. The highest BCUT2D eigenvalue weighted by Gasteiger charge is 2.26. The van der Waals surface area contributed by atoms with Crippen molar-refractivity contribution in [2.45, 2.75) is 38.1 Å². The fourth-order valence-corrected chi connectivity index (χ4v) is 3.36. The molecule has 0 bridgehead atoms. The van der Waals surface area contributed by atoms with Crippen LogP contribution in [0.4, 0.5) is 5.82 Å². The first-order valence-electron chi connectivity index (χ1n) is 7.29.